The van der Waals surface area contributed by atoms with Crippen molar-refractivity contribution in [1.29, 1.82) is 0 Å². The van der Waals surface area contributed by atoms with E-state index in [0.717, 1.165) is 0 Å². The minimum atomic E-state index is -1.10. The summed E-state index contributed by atoms with van der Waals surface area (Å²) in [7, 11) is 0. The average Bonchev–Trinajstić information content (AvgIpc) is 3.18. The van der Waals surface area contributed by atoms with Gasteiger partial charge < -0.3 is 4.74 Å². The Hall–Kier alpha value is -3.16. The molecule has 2 aromatic rings. The molecule has 1 aliphatic heterocycles. The van der Waals surface area contributed by atoms with Crippen LogP contribution in [-0.2, 0) is 16.1 Å². The molecule has 1 fully saturated rings. The lowest BCUT2D eigenvalue weighted by molar-refractivity contribution is -0.148. The SMILES string of the molecule is Cc1noc(=O)n1C/C=C\CCC1(C)C(=O)O[C@H](C(C)(C)C)N1C(=O)c1ccccc1. The third-order valence-corrected chi connectivity index (χ3v) is 5.52. The number of amides is 1. The molecule has 1 saturated heterocycles. The van der Waals surface area contributed by atoms with Crippen LogP contribution in [0.1, 0.15) is 56.7 Å². The van der Waals surface area contributed by atoms with E-state index in [0.29, 0.717) is 30.8 Å². The molecular formula is C23H29N3O5. The largest absolute Gasteiger partial charge is 0.441 e. The maximum Gasteiger partial charge on any atom is 0.441 e. The van der Waals surface area contributed by atoms with Crippen molar-refractivity contribution in [2.75, 3.05) is 0 Å². The van der Waals surface area contributed by atoms with Crippen molar-refractivity contribution < 1.29 is 18.8 Å². The fourth-order valence-corrected chi connectivity index (χ4v) is 3.68. The summed E-state index contributed by atoms with van der Waals surface area (Å²) in [6, 6.07) is 8.92. The van der Waals surface area contributed by atoms with E-state index < -0.39 is 28.9 Å². The fourth-order valence-electron chi connectivity index (χ4n) is 3.68. The van der Waals surface area contributed by atoms with Crippen LogP contribution in [0.25, 0.3) is 0 Å². The highest BCUT2D eigenvalue weighted by molar-refractivity contribution is 5.99. The van der Waals surface area contributed by atoms with Crippen LogP contribution >= 0.6 is 0 Å². The second kappa shape index (κ2) is 8.53. The van der Waals surface area contributed by atoms with Crippen LogP contribution in [0.2, 0.25) is 0 Å². The maximum atomic E-state index is 13.4. The summed E-state index contributed by atoms with van der Waals surface area (Å²) < 4.78 is 11.7. The summed E-state index contributed by atoms with van der Waals surface area (Å²) in [5.41, 5.74) is -1.03. The van der Waals surface area contributed by atoms with Gasteiger partial charge in [0, 0.05) is 17.5 Å². The Bertz CT molecular complexity index is 1030. The first-order chi connectivity index (χ1) is 14.6. The fraction of sp³-hybridized carbons (Fsp3) is 0.478. The Kier molecular flexibility index (Phi) is 6.20. The van der Waals surface area contributed by atoms with E-state index in [1.807, 2.05) is 39.0 Å². The third-order valence-electron chi connectivity index (χ3n) is 5.52. The zero-order valence-corrected chi connectivity index (χ0v) is 18.6. The van der Waals surface area contributed by atoms with Crippen molar-refractivity contribution in [2.45, 2.75) is 65.8 Å². The highest BCUT2D eigenvalue weighted by atomic mass is 16.6. The summed E-state index contributed by atoms with van der Waals surface area (Å²) in [6.45, 7) is 9.60. The van der Waals surface area contributed by atoms with Crippen LogP contribution in [0.15, 0.2) is 51.8 Å². The van der Waals surface area contributed by atoms with Crippen molar-refractivity contribution >= 4 is 11.9 Å². The van der Waals surface area contributed by atoms with Crippen LogP contribution in [0, 0.1) is 12.3 Å². The number of carbonyl (C=O) groups excluding carboxylic acids is 2. The molecule has 8 heteroatoms. The summed E-state index contributed by atoms with van der Waals surface area (Å²) >= 11 is 0. The first-order valence-corrected chi connectivity index (χ1v) is 10.3. The van der Waals surface area contributed by atoms with Gasteiger partial charge in [0.25, 0.3) is 5.91 Å². The summed E-state index contributed by atoms with van der Waals surface area (Å²) in [4.78, 5) is 39.5. The van der Waals surface area contributed by atoms with Gasteiger partial charge in [-0.2, -0.15) is 0 Å². The topological polar surface area (TPSA) is 94.6 Å². The van der Waals surface area contributed by atoms with Crippen molar-refractivity contribution in [1.82, 2.24) is 14.6 Å². The van der Waals surface area contributed by atoms with Crippen LogP contribution in [-0.4, -0.2) is 38.3 Å². The van der Waals surface area contributed by atoms with Crippen molar-refractivity contribution in [3.63, 3.8) is 0 Å². The molecule has 0 bridgehead atoms. The Labute approximate surface area is 181 Å². The predicted molar refractivity (Wildman–Crippen MR) is 114 cm³/mol. The Balaban J connectivity index is 1.80. The molecule has 166 valence electrons. The van der Waals surface area contributed by atoms with Gasteiger partial charge in [-0.3, -0.25) is 18.8 Å². The first kappa shape index (κ1) is 22.5. The third kappa shape index (κ3) is 4.47. The molecule has 8 nitrogen and oxygen atoms in total. The number of hydrogen-bond acceptors (Lipinski definition) is 6. The Morgan fingerprint density at radius 3 is 2.45 bits per heavy atom. The molecular weight excluding hydrogens is 398 g/mol. The predicted octanol–water partition coefficient (Wildman–Crippen LogP) is 3.31. The molecule has 2 atom stereocenters. The number of nitrogens with zero attached hydrogens (tertiary/aromatic N) is 3. The molecule has 31 heavy (non-hydrogen) atoms. The van der Waals surface area contributed by atoms with E-state index >= 15 is 0 Å². The lowest BCUT2D eigenvalue weighted by atomic mass is 9.88. The van der Waals surface area contributed by atoms with E-state index in [-0.39, 0.29) is 5.91 Å². The molecule has 1 aromatic heterocycles. The molecule has 1 unspecified atom stereocenters. The number of ether oxygens (including phenoxy) is 1. The zero-order valence-electron chi connectivity index (χ0n) is 18.6. The van der Waals surface area contributed by atoms with Crippen LogP contribution in [0.5, 0.6) is 0 Å². The summed E-state index contributed by atoms with van der Waals surface area (Å²) in [5.74, 6) is -0.657. The van der Waals surface area contributed by atoms with Gasteiger partial charge in [-0.05, 0) is 38.8 Å². The van der Waals surface area contributed by atoms with Gasteiger partial charge in [-0.15, -0.1) is 0 Å². The van der Waals surface area contributed by atoms with Crippen molar-refractivity contribution in [3.8, 4) is 0 Å². The average molecular weight is 428 g/mol. The molecule has 1 amide bonds. The first-order valence-electron chi connectivity index (χ1n) is 10.3. The van der Waals surface area contributed by atoms with Crippen LogP contribution in [0.3, 0.4) is 0 Å². The lowest BCUT2D eigenvalue weighted by Gasteiger charge is -2.38. The molecule has 3 rings (SSSR count). The second-order valence-electron chi connectivity index (χ2n) is 9.06. The number of allylic oxidation sites excluding steroid dienone is 2. The number of esters is 1. The highest BCUT2D eigenvalue weighted by Crippen LogP contribution is 2.41. The minimum Gasteiger partial charge on any atom is -0.439 e. The molecule has 2 heterocycles. The zero-order chi connectivity index (χ0) is 22.8. The number of carbonyl (C=O) groups is 2. The molecule has 0 saturated carbocycles. The Morgan fingerprint density at radius 2 is 1.87 bits per heavy atom. The number of benzene rings is 1. The van der Waals surface area contributed by atoms with Gasteiger partial charge in [0.15, 0.2) is 12.1 Å². The number of aryl methyl sites for hydroxylation is 1. The van der Waals surface area contributed by atoms with E-state index in [9.17, 15) is 14.4 Å². The Morgan fingerprint density at radius 1 is 1.19 bits per heavy atom. The standard InChI is InChI=1S/C23H29N3O5/c1-16-24-31-21(29)25(16)15-11-7-10-14-23(5)20(28)30-19(22(2,3)4)26(23)18(27)17-12-8-6-9-13-17/h6-9,11-13,19H,10,14-15H2,1-5H3/b11-7-/t19-,23?/m1/s1. The van der Waals surface area contributed by atoms with Gasteiger partial charge in [-0.1, -0.05) is 56.3 Å². The summed E-state index contributed by atoms with van der Waals surface area (Å²) in [6.07, 6.45) is 3.96. The smallest absolute Gasteiger partial charge is 0.439 e. The van der Waals surface area contributed by atoms with E-state index in [2.05, 4.69) is 9.68 Å². The maximum absolute atomic E-state index is 13.4. The molecule has 0 aliphatic carbocycles. The molecule has 1 aromatic carbocycles. The molecule has 1 aliphatic rings. The number of cyclic esters (lactones) is 1. The summed E-state index contributed by atoms with van der Waals surface area (Å²) in [5, 5.41) is 3.62. The number of aromatic nitrogens is 2. The number of hydrogen-bond donors (Lipinski definition) is 0. The van der Waals surface area contributed by atoms with Crippen LogP contribution in [0.4, 0.5) is 0 Å². The van der Waals surface area contributed by atoms with E-state index in [4.69, 9.17) is 4.74 Å². The quantitative estimate of drug-likeness (QED) is 0.519. The van der Waals surface area contributed by atoms with E-state index in [1.165, 1.54) is 4.57 Å². The van der Waals surface area contributed by atoms with Gasteiger partial charge in [0.1, 0.15) is 5.54 Å². The number of rotatable bonds is 6. The molecule has 0 N–H and O–H groups in total. The van der Waals surface area contributed by atoms with Crippen molar-refractivity contribution in [3.05, 3.63) is 64.4 Å². The van der Waals surface area contributed by atoms with Gasteiger partial charge in [-0.25, -0.2) is 9.59 Å². The van der Waals surface area contributed by atoms with Gasteiger partial charge >= 0.3 is 11.7 Å². The van der Waals surface area contributed by atoms with Gasteiger partial charge in [0.2, 0.25) is 0 Å². The minimum absolute atomic E-state index is 0.232. The molecule has 0 spiro atoms. The van der Waals surface area contributed by atoms with Crippen LogP contribution < -0.4 is 5.76 Å². The van der Waals surface area contributed by atoms with E-state index in [1.54, 1.807) is 43.0 Å². The normalized spacial score (nSPS) is 21.6. The van der Waals surface area contributed by atoms with Gasteiger partial charge in [0.05, 0.1) is 0 Å². The molecule has 0 radical (unpaired) electrons. The lowest BCUT2D eigenvalue weighted by Crippen LogP contribution is -2.54. The monoisotopic (exact) mass is 427 g/mol. The highest BCUT2D eigenvalue weighted by Gasteiger charge is 2.57. The second-order valence-corrected chi connectivity index (χ2v) is 9.06. The van der Waals surface area contributed by atoms with Crippen molar-refractivity contribution in [2.24, 2.45) is 5.41 Å².